The molecule has 6 heteroatoms. The molecule has 0 radical (unpaired) electrons. The average Bonchev–Trinajstić information content (AvgIpc) is 2.48. The lowest BCUT2D eigenvalue weighted by Crippen LogP contribution is -2.29. The van der Waals surface area contributed by atoms with Crippen molar-refractivity contribution < 1.29 is 4.79 Å². The Balaban J connectivity index is 2.09. The summed E-state index contributed by atoms with van der Waals surface area (Å²) in [6.07, 6.45) is 2.39. The number of rotatable bonds is 4. The second-order valence-corrected chi connectivity index (χ2v) is 5.45. The van der Waals surface area contributed by atoms with Crippen molar-refractivity contribution in [2.45, 2.75) is 6.42 Å². The summed E-state index contributed by atoms with van der Waals surface area (Å²) in [6, 6.07) is 8.75. The van der Waals surface area contributed by atoms with Crippen LogP contribution >= 0.6 is 23.2 Å². The molecule has 0 aliphatic heterocycles. The highest BCUT2D eigenvalue weighted by Crippen LogP contribution is 2.29. The SMILES string of the molecule is CN(CCc1ccccn1)C(=O)c1cc(N)cc(Cl)c1Cl. The molecule has 2 rings (SSSR count). The van der Waals surface area contributed by atoms with Gasteiger partial charge >= 0.3 is 0 Å². The third-order valence-electron chi connectivity index (χ3n) is 3.06. The summed E-state index contributed by atoms with van der Waals surface area (Å²) in [5.41, 5.74) is 7.35. The predicted molar refractivity (Wildman–Crippen MR) is 85.8 cm³/mol. The number of pyridine rings is 1. The summed E-state index contributed by atoms with van der Waals surface area (Å²) < 4.78 is 0. The number of amides is 1. The fraction of sp³-hybridized carbons (Fsp3) is 0.200. The zero-order valence-corrected chi connectivity index (χ0v) is 13.0. The van der Waals surface area contributed by atoms with E-state index in [2.05, 4.69) is 4.98 Å². The van der Waals surface area contributed by atoms with Gasteiger partial charge in [0.15, 0.2) is 0 Å². The van der Waals surface area contributed by atoms with Crippen LogP contribution in [0.3, 0.4) is 0 Å². The summed E-state index contributed by atoms with van der Waals surface area (Å²) in [5, 5.41) is 0.499. The van der Waals surface area contributed by atoms with Crippen LogP contribution in [0.4, 0.5) is 5.69 Å². The van der Waals surface area contributed by atoms with Crippen LogP contribution in [0.25, 0.3) is 0 Å². The van der Waals surface area contributed by atoms with Crippen molar-refractivity contribution in [1.82, 2.24) is 9.88 Å². The van der Waals surface area contributed by atoms with Crippen molar-refractivity contribution in [2.24, 2.45) is 0 Å². The van der Waals surface area contributed by atoms with Gasteiger partial charge in [0.25, 0.3) is 5.91 Å². The summed E-state index contributed by atoms with van der Waals surface area (Å²) in [5.74, 6) is -0.217. The molecule has 0 spiro atoms. The van der Waals surface area contributed by atoms with E-state index in [1.165, 1.54) is 12.1 Å². The standard InChI is InChI=1S/C15H15Cl2N3O/c1-20(7-5-11-4-2-3-6-19-11)15(21)12-8-10(18)9-13(16)14(12)17/h2-4,6,8-9H,5,7,18H2,1H3. The first kappa shape index (κ1) is 15.6. The minimum atomic E-state index is -0.217. The molecule has 2 N–H and O–H groups in total. The molecule has 1 aromatic carbocycles. The molecule has 0 atom stereocenters. The van der Waals surface area contributed by atoms with E-state index in [1.54, 1.807) is 18.1 Å². The van der Waals surface area contributed by atoms with Crippen molar-refractivity contribution in [1.29, 1.82) is 0 Å². The molecular weight excluding hydrogens is 309 g/mol. The summed E-state index contributed by atoms with van der Waals surface area (Å²) >= 11 is 12.0. The van der Waals surface area contributed by atoms with Crippen molar-refractivity contribution in [3.63, 3.8) is 0 Å². The maximum Gasteiger partial charge on any atom is 0.255 e. The van der Waals surface area contributed by atoms with Gasteiger partial charge in [0.2, 0.25) is 0 Å². The third kappa shape index (κ3) is 3.86. The minimum absolute atomic E-state index is 0.217. The van der Waals surface area contributed by atoms with Gasteiger partial charge in [0.05, 0.1) is 15.6 Å². The quantitative estimate of drug-likeness (QED) is 0.878. The van der Waals surface area contributed by atoms with Gasteiger partial charge < -0.3 is 10.6 Å². The summed E-state index contributed by atoms with van der Waals surface area (Å²) in [7, 11) is 1.71. The van der Waals surface area contributed by atoms with Gasteiger partial charge in [-0.05, 0) is 24.3 Å². The Labute approximate surface area is 133 Å². The van der Waals surface area contributed by atoms with E-state index >= 15 is 0 Å². The van der Waals surface area contributed by atoms with Crippen molar-refractivity contribution in [3.8, 4) is 0 Å². The van der Waals surface area contributed by atoms with Gasteiger partial charge in [-0.15, -0.1) is 0 Å². The van der Waals surface area contributed by atoms with Crippen LogP contribution in [-0.4, -0.2) is 29.4 Å². The zero-order valence-electron chi connectivity index (χ0n) is 11.5. The molecule has 4 nitrogen and oxygen atoms in total. The number of likely N-dealkylation sites (N-methyl/N-ethyl adjacent to an activating group) is 1. The Morgan fingerprint density at radius 3 is 2.76 bits per heavy atom. The lowest BCUT2D eigenvalue weighted by molar-refractivity contribution is 0.0796. The van der Waals surface area contributed by atoms with Gasteiger partial charge in [-0.1, -0.05) is 29.3 Å². The van der Waals surface area contributed by atoms with Gasteiger partial charge in [0, 0.05) is 37.6 Å². The molecular formula is C15H15Cl2N3O. The van der Waals surface area contributed by atoms with Crippen LogP contribution in [-0.2, 0) is 6.42 Å². The van der Waals surface area contributed by atoms with Gasteiger partial charge in [-0.2, -0.15) is 0 Å². The number of carbonyl (C=O) groups is 1. The number of nitrogens with two attached hydrogens (primary N) is 1. The van der Waals surface area contributed by atoms with Gasteiger partial charge in [-0.25, -0.2) is 0 Å². The molecule has 1 aromatic heterocycles. The lowest BCUT2D eigenvalue weighted by atomic mass is 10.1. The first-order valence-electron chi connectivity index (χ1n) is 6.39. The number of anilines is 1. The van der Waals surface area contributed by atoms with E-state index in [0.29, 0.717) is 24.2 Å². The Hall–Kier alpha value is -1.78. The Kier molecular flexibility index (Phi) is 5.04. The number of carbonyl (C=O) groups excluding carboxylic acids is 1. The molecule has 1 heterocycles. The number of hydrogen-bond donors (Lipinski definition) is 1. The smallest absolute Gasteiger partial charge is 0.255 e. The number of nitrogen functional groups attached to an aromatic ring is 1. The van der Waals surface area contributed by atoms with E-state index in [-0.39, 0.29) is 16.0 Å². The van der Waals surface area contributed by atoms with E-state index in [1.807, 2.05) is 18.2 Å². The first-order chi connectivity index (χ1) is 9.99. The number of aromatic nitrogens is 1. The van der Waals surface area contributed by atoms with E-state index in [4.69, 9.17) is 28.9 Å². The third-order valence-corrected chi connectivity index (χ3v) is 3.86. The highest BCUT2D eigenvalue weighted by Gasteiger charge is 2.18. The number of halogens is 2. The molecule has 0 fully saturated rings. The van der Waals surface area contributed by atoms with Crippen molar-refractivity contribution in [3.05, 3.63) is 57.8 Å². The molecule has 0 aliphatic rings. The number of hydrogen-bond acceptors (Lipinski definition) is 3. The van der Waals surface area contributed by atoms with Crippen LogP contribution in [0, 0.1) is 0 Å². The normalized spacial score (nSPS) is 10.4. The maximum absolute atomic E-state index is 12.4. The Morgan fingerprint density at radius 1 is 1.33 bits per heavy atom. The van der Waals surface area contributed by atoms with E-state index < -0.39 is 0 Å². The van der Waals surface area contributed by atoms with Gasteiger partial charge in [0.1, 0.15) is 0 Å². The second kappa shape index (κ2) is 6.78. The minimum Gasteiger partial charge on any atom is -0.399 e. The van der Waals surface area contributed by atoms with E-state index in [0.717, 1.165) is 5.69 Å². The molecule has 0 unspecified atom stereocenters. The van der Waals surface area contributed by atoms with Gasteiger partial charge in [-0.3, -0.25) is 9.78 Å². The highest BCUT2D eigenvalue weighted by atomic mass is 35.5. The van der Waals surface area contributed by atoms with Crippen LogP contribution in [0.2, 0.25) is 10.0 Å². The lowest BCUT2D eigenvalue weighted by Gasteiger charge is -2.18. The summed E-state index contributed by atoms with van der Waals surface area (Å²) in [6.45, 7) is 0.526. The fourth-order valence-electron chi connectivity index (χ4n) is 1.90. The van der Waals surface area contributed by atoms with E-state index in [9.17, 15) is 4.79 Å². The average molecular weight is 324 g/mol. The number of benzene rings is 1. The predicted octanol–water partition coefficient (Wildman–Crippen LogP) is 3.29. The maximum atomic E-state index is 12.4. The van der Waals surface area contributed by atoms with Crippen molar-refractivity contribution >= 4 is 34.8 Å². The molecule has 0 bridgehead atoms. The molecule has 1 amide bonds. The van der Waals surface area contributed by atoms with Crippen molar-refractivity contribution in [2.75, 3.05) is 19.3 Å². The van der Waals surface area contributed by atoms with Crippen LogP contribution < -0.4 is 5.73 Å². The second-order valence-electron chi connectivity index (χ2n) is 4.66. The summed E-state index contributed by atoms with van der Waals surface area (Å²) in [4.78, 5) is 18.2. The molecule has 110 valence electrons. The van der Waals surface area contributed by atoms with Crippen LogP contribution in [0.15, 0.2) is 36.5 Å². The molecule has 21 heavy (non-hydrogen) atoms. The highest BCUT2D eigenvalue weighted by molar-refractivity contribution is 6.44. The first-order valence-corrected chi connectivity index (χ1v) is 7.14. The van der Waals surface area contributed by atoms with Crippen LogP contribution in [0.1, 0.15) is 16.1 Å². The van der Waals surface area contributed by atoms with Crippen LogP contribution in [0.5, 0.6) is 0 Å². The fourth-order valence-corrected chi connectivity index (χ4v) is 2.32. The number of nitrogens with zero attached hydrogens (tertiary/aromatic N) is 2. The largest absolute Gasteiger partial charge is 0.399 e. The molecule has 0 saturated heterocycles. The molecule has 0 saturated carbocycles. The monoisotopic (exact) mass is 323 g/mol. The molecule has 2 aromatic rings. The topological polar surface area (TPSA) is 59.2 Å². The Morgan fingerprint density at radius 2 is 2.10 bits per heavy atom. The zero-order chi connectivity index (χ0) is 15.4. The molecule has 0 aliphatic carbocycles. The Bertz CT molecular complexity index is 647.